The number of hydrogen-bond acceptors (Lipinski definition) is 6. The van der Waals surface area contributed by atoms with Crippen LogP contribution in [0.3, 0.4) is 0 Å². The number of hydrogen-bond donors (Lipinski definition) is 1. The van der Waals surface area contributed by atoms with Gasteiger partial charge in [0.1, 0.15) is 23.0 Å². The number of ether oxygens (including phenoxy) is 2. The minimum atomic E-state index is -0.826. The Labute approximate surface area is 239 Å². The molecule has 1 atom stereocenters. The van der Waals surface area contributed by atoms with E-state index in [1.54, 1.807) is 54.9 Å². The van der Waals surface area contributed by atoms with Crippen LogP contribution in [0, 0.1) is 0 Å². The van der Waals surface area contributed by atoms with Crippen LogP contribution in [0.5, 0.6) is 17.2 Å². The molecule has 1 saturated heterocycles. The van der Waals surface area contributed by atoms with Crippen LogP contribution in [0.25, 0.3) is 5.76 Å². The van der Waals surface area contributed by atoms with Gasteiger partial charge in [0.05, 0.1) is 18.2 Å². The standard InChI is InChI=1S/C34H32N2O5/c1-2-3-7-21-40-27-15-13-25(14-16-27)32(37)30-31(36(34(39)33(30)38)23-24-17-19-35-20-18-24)26-9-8-12-29(22-26)41-28-10-5-4-6-11-28/h4-6,8-20,22,31,37H,2-3,7,21,23H2,1H3/b32-30-. The van der Waals surface area contributed by atoms with Gasteiger partial charge in [0, 0.05) is 24.5 Å². The molecule has 4 aromatic rings. The highest BCUT2D eigenvalue weighted by molar-refractivity contribution is 6.46. The van der Waals surface area contributed by atoms with E-state index in [1.807, 2.05) is 48.5 Å². The number of carbonyl (C=O) groups is 2. The highest BCUT2D eigenvalue weighted by Crippen LogP contribution is 2.41. The fourth-order valence-corrected chi connectivity index (χ4v) is 4.85. The molecule has 41 heavy (non-hydrogen) atoms. The van der Waals surface area contributed by atoms with E-state index in [2.05, 4.69) is 11.9 Å². The van der Waals surface area contributed by atoms with Gasteiger partial charge in [-0.3, -0.25) is 14.6 Å². The lowest BCUT2D eigenvalue weighted by molar-refractivity contribution is -0.140. The van der Waals surface area contributed by atoms with Crippen LogP contribution in [0.4, 0.5) is 0 Å². The van der Waals surface area contributed by atoms with E-state index in [0.29, 0.717) is 35.0 Å². The Kier molecular flexibility index (Phi) is 8.74. The normalized spacial score (nSPS) is 16.1. The topological polar surface area (TPSA) is 89.0 Å². The quantitative estimate of drug-likeness (QED) is 0.0934. The molecule has 1 aliphatic rings. The third-order valence-electron chi connectivity index (χ3n) is 6.94. The molecule has 208 valence electrons. The highest BCUT2D eigenvalue weighted by Gasteiger charge is 2.46. The van der Waals surface area contributed by atoms with Gasteiger partial charge in [0.25, 0.3) is 11.7 Å². The van der Waals surface area contributed by atoms with Crippen molar-refractivity contribution in [3.05, 3.63) is 126 Å². The molecule has 2 heterocycles. The van der Waals surface area contributed by atoms with Gasteiger partial charge in [-0.25, -0.2) is 0 Å². The van der Waals surface area contributed by atoms with E-state index in [-0.39, 0.29) is 17.9 Å². The summed E-state index contributed by atoms with van der Waals surface area (Å²) < 4.78 is 11.8. The Morgan fingerprint density at radius 2 is 1.59 bits per heavy atom. The number of ketones is 1. The maximum absolute atomic E-state index is 13.5. The Morgan fingerprint density at radius 1 is 0.854 bits per heavy atom. The number of benzene rings is 3. The largest absolute Gasteiger partial charge is 0.507 e. The first kappa shape index (κ1) is 27.6. The van der Waals surface area contributed by atoms with Gasteiger partial charge in [0.15, 0.2) is 0 Å². The molecule has 7 heteroatoms. The number of unbranched alkanes of at least 4 members (excludes halogenated alkanes) is 2. The molecule has 1 N–H and O–H groups in total. The van der Waals surface area contributed by atoms with Crippen LogP contribution in [-0.2, 0) is 16.1 Å². The smallest absolute Gasteiger partial charge is 0.295 e. The van der Waals surface area contributed by atoms with Gasteiger partial charge in [-0.05, 0) is 78.2 Å². The van der Waals surface area contributed by atoms with Gasteiger partial charge >= 0.3 is 0 Å². The van der Waals surface area contributed by atoms with E-state index < -0.39 is 17.7 Å². The van der Waals surface area contributed by atoms with Crippen molar-refractivity contribution in [1.82, 2.24) is 9.88 Å². The summed E-state index contributed by atoms with van der Waals surface area (Å²) in [5.41, 5.74) is 1.91. The van der Waals surface area contributed by atoms with Crippen LogP contribution in [0.15, 0.2) is 109 Å². The number of amides is 1. The average Bonchev–Trinajstić information content (AvgIpc) is 3.25. The van der Waals surface area contributed by atoms with Crippen LogP contribution in [0.1, 0.15) is 48.9 Å². The molecule has 1 amide bonds. The number of aliphatic hydroxyl groups is 1. The number of Topliss-reactive ketones (excluding diaryl/α,β-unsaturated/α-hetero) is 1. The van der Waals surface area contributed by atoms with Gasteiger partial charge in [-0.2, -0.15) is 0 Å². The fraction of sp³-hybridized carbons (Fsp3) is 0.206. The first-order chi connectivity index (χ1) is 20.0. The zero-order valence-electron chi connectivity index (χ0n) is 22.9. The van der Waals surface area contributed by atoms with Crippen LogP contribution >= 0.6 is 0 Å². The first-order valence-electron chi connectivity index (χ1n) is 13.8. The second kappa shape index (κ2) is 13.0. The average molecular weight is 549 g/mol. The van der Waals surface area contributed by atoms with E-state index in [4.69, 9.17) is 9.47 Å². The molecule has 7 nitrogen and oxygen atoms in total. The molecule has 1 aromatic heterocycles. The summed E-state index contributed by atoms with van der Waals surface area (Å²) in [6.07, 6.45) is 6.45. The maximum Gasteiger partial charge on any atom is 0.295 e. The van der Waals surface area contributed by atoms with E-state index in [9.17, 15) is 14.7 Å². The Morgan fingerprint density at radius 3 is 2.32 bits per heavy atom. The molecular weight excluding hydrogens is 516 g/mol. The molecule has 0 saturated carbocycles. The van der Waals surface area contributed by atoms with Crippen molar-refractivity contribution < 1.29 is 24.2 Å². The summed E-state index contributed by atoms with van der Waals surface area (Å²) >= 11 is 0. The molecule has 1 fully saturated rings. The Hall–Kier alpha value is -4.91. The number of carbonyl (C=O) groups excluding carboxylic acids is 2. The van der Waals surface area contributed by atoms with Crippen molar-refractivity contribution >= 4 is 17.4 Å². The number of pyridine rings is 1. The summed E-state index contributed by atoms with van der Waals surface area (Å²) in [4.78, 5) is 32.4. The zero-order valence-corrected chi connectivity index (χ0v) is 22.9. The van der Waals surface area contributed by atoms with Crippen molar-refractivity contribution in [1.29, 1.82) is 0 Å². The number of aliphatic hydroxyl groups excluding tert-OH is 1. The number of rotatable bonds is 11. The number of aromatic nitrogens is 1. The van der Waals surface area contributed by atoms with Crippen LogP contribution in [-0.4, -0.2) is 33.3 Å². The molecule has 0 aliphatic carbocycles. The van der Waals surface area contributed by atoms with E-state index in [0.717, 1.165) is 24.8 Å². The van der Waals surface area contributed by atoms with Gasteiger partial charge in [-0.1, -0.05) is 50.1 Å². The molecule has 3 aromatic carbocycles. The second-order valence-electron chi connectivity index (χ2n) is 9.85. The highest BCUT2D eigenvalue weighted by atomic mass is 16.5. The number of likely N-dealkylation sites (tertiary alicyclic amines) is 1. The predicted molar refractivity (Wildman–Crippen MR) is 157 cm³/mol. The zero-order chi connectivity index (χ0) is 28.6. The summed E-state index contributed by atoms with van der Waals surface area (Å²) in [5.74, 6) is 0.227. The van der Waals surface area contributed by atoms with Crippen molar-refractivity contribution in [2.75, 3.05) is 6.61 Å². The molecule has 5 rings (SSSR count). The Bertz CT molecular complexity index is 1520. The first-order valence-corrected chi connectivity index (χ1v) is 13.8. The molecule has 1 aliphatic heterocycles. The summed E-state index contributed by atoms with van der Waals surface area (Å²) in [6, 6.07) is 26.3. The third-order valence-corrected chi connectivity index (χ3v) is 6.94. The van der Waals surface area contributed by atoms with Gasteiger partial charge in [0.2, 0.25) is 0 Å². The SMILES string of the molecule is CCCCCOc1ccc(/C(O)=C2/C(=O)C(=O)N(Cc3ccncc3)C2c2cccc(Oc3ccccc3)c2)cc1. The van der Waals surface area contributed by atoms with Crippen LogP contribution in [0.2, 0.25) is 0 Å². The molecule has 1 unspecified atom stereocenters. The van der Waals surface area contributed by atoms with Gasteiger partial charge < -0.3 is 19.5 Å². The fourth-order valence-electron chi connectivity index (χ4n) is 4.85. The predicted octanol–water partition coefficient (Wildman–Crippen LogP) is 7.06. The second-order valence-corrected chi connectivity index (χ2v) is 9.85. The Balaban J connectivity index is 1.51. The number of para-hydroxylation sites is 1. The van der Waals surface area contributed by atoms with E-state index in [1.165, 1.54) is 4.90 Å². The molecular formula is C34H32N2O5. The van der Waals surface area contributed by atoms with Crippen molar-refractivity contribution in [2.45, 2.75) is 38.8 Å². The molecule has 0 bridgehead atoms. The van der Waals surface area contributed by atoms with E-state index >= 15 is 0 Å². The third kappa shape index (κ3) is 6.47. The summed E-state index contributed by atoms with van der Waals surface area (Å²) in [7, 11) is 0. The maximum atomic E-state index is 13.5. The summed E-state index contributed by atoms with van der Waals surface area (Å²) in [6.45, 7) is 2.92. The lowest BCUT2D eigenvalue weighted by Crippen LogP contribution is -2.29. The minimum Gasteiger partial charge on any atom is -0.507 e. The number of nitrogens with zero attached hydrogens (tertiary/aromatic N) is 2. The van der Waals surface area contributed by atoms with Gasteiger partial charge in [-0.15, -0.1) is 0 Å². The lowest BCUT2D eigenvalue weighted by Gasteiger charge is -2.25. The van der Waals surface area contributed by atoms with Crippen molar-refractivity contribution in [3.8, 4) is 17.2 Å². The summed E-state index contributed by atoms with van der Waals surface area (Å²) in [5, 5.41) is 11.5. The monoisotopic (exact) mass is 548 g/mol. The molecule has 0 radical (unpaired) electrons. The minimum absolute atomic E-state index is 0.0255. The lowest BCUT2D eigenvalue weighted by atomic mass is 9.95. The molecule has 0 spiro atoms. The van der Waals surface area contributed by atoms with Crippen molar-refractivity contribution in [3.63, 3.8) is 0 Å². The van der Waals surface area contributed by atoms with Crippen molar-refractivity contribution in [2.24, 2.45) is 0 Å². The van der Waals surface area contributed by atoms with Crippen LogP contribution < -0.4 is 9.47 Å².